The summed E-state index contributed by atoms with van der Waals surface area (Å²) in [4.78, 5) is 28.0. The average Bonchev–Trinajstić information content (AvgIpc) is 3.28. The molecule has 0 aromatic heterocycles. The van der Waals surface area contributed by atoms with E-state index in [1.54, 1.807) is 31.2 Å². The van der Waals surface area contributed by atoms with Crippen molar-refractivity contribution >= 4 is 62.3 Å². The summed E-state index contributed by atoms with van der Waals surface area (Å²) in [5, 5.41) is 3.92. The molecule has 0 bridgehead atoms. The molecule has 0 aliphatic heterocycles. The van der Waals surface area contributed by atoms with Gasteiger partial charge in [0.25, 0.3) is 0 Å². The molecule has 1 saturated carbocycles. The van der Waals surface area contributed by atoms with Crippen molar-refractivity contribution in [1.29, 1.82) is 0 Å². The van der Waals surface area contributed by atoms with Gasteiger partial charge in [0.05, 0.1) is 17.0 Å². The molecule has 0 saturated heterocycles. The lowest BCUT2D eigenvalue weighted by atomic mass is 10.1. The van der Waals surface area contributed by atoms with E-state index in [0.717, 1.165) is 36.2 Å². The molecule has 3 rings (SSSR count). The number of rotatable bonds is 9. The second-order valence-electron chi connectivity index (χ2n) is 8.68. The smallest absolute Gasteiger partial charge is 0.244 e. The predicted molar refractivity (Wildman–Crippen MR) is 141 cm³/mol. The minimum atomic E-state index is -3.89. The van der Waals surface area contributed by atoms with Crippen LogP contribution in [0.25, 0.3) is 0 Å². The highest BCUT2D eigenvalue weighted by atomic mass is 35.5. The number of nitrogens with one attached hydrogen (secondary N) is 1. The van der Waals surface area contributed by atoms with Crippen molar-refractivity contribution in [3.63, 3.8) is 0 Å². The topological polar surface area (TPSA) is 86.8 Å². The van der Waals surface area contributed by atoms with Crippen LogP contribution in [0.1, 0.15) is 38.2 Å². The van der Waals surface area contributed by atoms with Crippen molar-refractivity contribution in [2.75, 3.05) is 17.1 Å². The van der Waals surface area contributed by atoms with Crippen molar-refractivity contribution in [3.05, 3.63) is 63.1 Å². The molecule has 11 heteroatoms. The molecule has 190 valence electrons. The van der Waals surface area contributed by atoms with Gasteiger partial charge in [-0.2, -0.15) is 0 Å². The molecular formula is C24H28Cl3N3O4S. The molecule has 2 aromatic carbocycles. The molecule has 2 amide bonds. The SMILES string of the molecule is C[C@@H](C(=O)NC1CCCC1)N(Cc1cccc(Cl)c1)C(=O)CN(c1ccc(Cl)cc1Cl)S(C)(=O)=O. The summed E-state index contributed by atoms with van der Waals surface area (Å²) >= 11 is 18.3. The van der Waals surface area contributed by atoms with Crippen LogP contribution in [0.15, 0.2) is 42.5 Å². The van der Waals surface area contributed by atoms with Gasteiger partial charge in [-0.15, -0.1) is 0 Å². The molecule has 35 heavy (non-hydrogen) atoms. The first-order chi connectivity index (χ1) is 16.5. The first-order valence-electron chi connectivity index (χ1n) is 11.2. The van der Waals surface area contributed by atoms with Crippen molar-refractivity contribution in [1.82, 2.24) is 10.2 Å². The van der Waals surface area contributed by atoms with Crippen LogP contribution in [0.3, 0.4) is 0 Å². The van der Waals surface area contributed by atoms with Gasteiger partial charge < -0.3 is 10.2 Å². The van der Waals surface area contributed by atoms with E-state index in [1.807, 2.05) is 0 Å². The fourth-order valence-electron chi connectivity index (χ4n) is 4.08. The Labute approximate surface area is 221 Å². The van der Waals surface area contributed by atoms with Gasteiger partial charge in [-0.3, -0.25) is 13.9 Å². The molecule has 2 aromatic rings. The summed E-state index contributed by atoms with van der Waals surface area (Å²) in [6, 6.07) is 10.5. The number of carbonyl (C=O) groups excluding carboxylic acids is 2. The molecular weight excluding hydrogens is 533 g/mol. The van der Waals surface area contributed by atoms with Gasteiger partial charge in [-0.1, -0.05) is 59.8 Å². The maximum Gasteiger partial charge on any atom is 0.244 e. The number of carbonyl (C=O) groups is 2. The molecule has 1 aliphatic rings. The molecule has 1 atom stereocenters. The van der Waals surface area contributed by atoms with Gasteiger partial charge >= 0.3 is 0 Å². The third kappa shape index (κ3) is 7.49. The standard InChI is InChI=1S/C24H28Cl3N3O4S/c1-16(24(32)28-20-8-3-4-9-20)29(14-17-6-5-7-18(25)12-17)23(31)15-30(35(2,33)34)22-11-10-19(26)13-21(22)27/h5-7,10-13,16,20H,3-4,8-9,14-15H2,1-2H3,(H,28,32)/t16-/m0/s1. The van der Waals surface area contributed by atoms with Gasteiger partial charge in [0.1, 0.15) is 12.6 Å². The summed E-state index contributed by atoms with van der Waals surface area (Å²) < 4.78 is 26.2. The Morgan fingerprint density at radius 3 is 2.31 bits per heavy atom. The quantitative estimate of drug-likeness (QED) is 0.473. The number of amides is 2. The highest BCUT2D eigenvalue weighted by Crippen LogP contribution is 2.30. The van der Waals surface area contributed by atoms with E-state index in [9.17, 15) is 18.0 Å². The largest absolute Gasteiger partial charge is 0.352 e. The molecule has 1 N–H and O–H groups in total. The van der Waals surface area contributed by atoms with Crippen LogP contribution in [0.5, 0.6) is 0 Å². The van der Waals surface area contributed by atoms with E-state index in [0.29, 0.717) is 15.6 Å². The van der Waals surface area contributed by atoms with Crippen LogP contribution in [-0.4, -0.2) is 50.0 Å². The zero-order valence-corrected chi connectivity index (χ0v) is 22.6. The molecule has 0 radical (unpaired) electrons. The van der Waals surface area contributed by atoms with Crippen LogP contribution in [0.4, 0.5) is 5.69 Å². The zero-order chi connectivity index (χ0) is 25.8. The molecule has 7 nitrogen and oxygen atoms in total. The average molecular weight is 561 g/mol. The molecule has 0 unspecified atom stereocenters. The fourth-order valence-corrected chi connectivity index (χ4v) is 5.72. The zero-order valence-electron chi connectivity index (χ0n) is 19.5. The minimum Gasteiger partial charge on any atom is -0.352 e. The van der Waals surface area contributed by atoms with Gasteiger partial charge in [-0.05, 0) is 55.7 Å². The number of anilines is 1. The van der Waals surface area contributed by atoms with E-state index < -0.39 is 28.5 Å². The highest BCUT2D eigenvalue weighted by molar-refractivity contribution is 7.92. The Morgan fingerprint density at radius 2 is 1.71 bits per heavy atom. The number of hydrogen-bond donors (Lipinski definition) is 1. The summed E-state index contributed by atoms with van der Waals surface area (Å²) in [6.45, 7) is 1.17. The third-order valence-corrected chi connectivity index (χ3v) is 7.87. The maximum atomic E-state index is 13.6. The van der Waals surface area contributed by atoms with Gasteiger partial charge in [0.2, 0.25) is 21.8 Å². The third-order valence-electron chi connectivity index (χ3n) is 5.97. The lowest BCUT2D eigenvalue weighted by Gasteiger charge is -2.32. The second kappa shape index (κ2) is 11.8. The van der Waals surface area contributed by atoms with E-state index in [1.165, 1.54) is 23.1 Å². The Kier molecular flexibility index (Phi) is 9.32. The van der Waals surface area contributed by atoms with E-state index in [2.05, 4.69) is 5.32 Å². The molecule has 0 heterocycles. The van der Waals surface area contributed by atoms with Crippen molar-refractivity contribution < 1.29 is 18.0 Å². The number of sulfonamides is 1. The molecule has 1 fully saturated rings. The lowest BCUT2D eigenvalue weighted by molar-refractivity contribution is -0.139. The maximum absolute atomic E-state index is 13.6. The van der Waals surface area contributed by atoms with Crippen molar-refractivity contribution in [3.8, 4) is 0 Å². The van der Waals surface area contributed by atoms with Crippen molar-refractivity contribution in [2.45, 2.75) is 51.2 Å². The normalized spacial score (nSPS) is 15.0. The van der Waals surface area contributed by atoms with Gasteiger partial charge in [0, 0.05) is 22.6 Å². The lowest BCUT2D eigenvalue weighted by Crippen LogP contribution is -2.52. The molecule has 0 spiro atoms. The predicted octanol–water partition coefficient (Wildman–Crippen LogP) is 4.89. The Bertz CT molecular complexity index is 1190. The Balaban J connectivity index is 1.90. The summed E-state index contributed by atoms with van der Waals surface area (Å²) in [5.74, 6) is -0.849. The van der Waals surface area contributed by atoms with E-state index in [-0.39, 0.29) is 29.2 Å². The van der Waals surface area contributed by atoms with Crippen LogP contribution >= 0.6 is 34.8 Å². The van der Waals surface area contributed by atoms with Crippen LogP contribution in [0.2, 0.25) is 15.1 Å². The number of benzene rings is 2. The minimum absolute atomic E-state index is 0.0740. The number of halogens is 3. The highest BCUT2D eigenvalue weighted by Gasteiger charge is 2.32. The number of nitrogens with zero attached hydrogens (tertiary/aromatic N) is 2. The van der Waals surface area contributed by atoms with Crippen LogP contribution < -0.4 is 9.62 Å². The van der Waals surface area contributed by atoms with Gasteiger partial charge in [-0.25, -0.2) is 8.42 Å². The fraction of sp³-hybridized carbons (Fsp3) is 0.417. The molecule has 1 aliphatic carbocycles. The van der Waals surface area contributed by atoms with Crippen LogP contribution in [-0.2, 0) is 26.2 Å². The van der Waals surface area contributed by atoms with Gasteiger partial charge in [0.15, 0.2) is 0 Å². The summed E-state index contributed by atoms with van der Waals surface area (Å²) in [6.07, 6.45) is 4.89. The summed E-state index contributed by atoms with van der Waals surface area (Å²) in [7, 11) is -3.89. The Morgan fingerprint density at radius 1 is 1.06 bits per heavy atom. The monoisotopic (exact) mass is 559 g/mol. The Hall–Kier alpha value is -2.00. The summed E-state index contributed by atoms with van der Waals surface area (Å²) in [5.41, 5.74) is 0.833. The first kappa shape index (κ1) is 27.6. The number of hydrogen-bond acceptors (Lipinski definition) is 4. The first-order valence-corrected chi connectivity index (χ1v) is 14.2. The second-order valence-corrected chi connectivity index (χ2v) is 11.9. The van der Waals surface area contributed by atoms with Crippen LogP contribution in [0, 0.1) is 0 Å². The van der Waals surface area contributed by atoms with Crippen molar-refractivity contribution in [2.24, 2.45) is 0 Å². The van der Waals surface area contributed by atoms with E-state index in [4.69, 9.17) is 34.8 Å². The van der Waals surface area contributed by atoms with E-state index >= 15 is 0 Å².